The van der Waals surface area contributed by atoms with Gasteiger partial charge in [-0.2, -0.15) is 0 Å². The molecule has 0 aliphatic carbocycles. The van der Waals surface area contributed by atoms with Crippen molar-refractivity contribution in [2.24, 2.45) is 0 Å². The van der Waals surface area contributed by atoms with Crippen LogP contribution in [0.15, 0.2) is 49.0 Å². The number of carbonyl (C=O) groups is 1. The van der Waals surface area contributed by atoms with Gasteiger partial charge in [-0.25, -0.2) is 0 Å². The summed E-state index contributed by atoms with van der Waals surface area (Å²) < 4.78 is 15.6. The van der Waals surface area contributed by atoms with Crippen LogP contribution in [0.3, 0.4) is 0 Å². The highest BCUT2D eigenvalue weighted by Gasteiger charge is 2.12. The molecule has 0 aromatic heterocycles. The van der Waals surface area contributed by atoms with Gasteiger partial charge in [0, 0.05) is 12.1 Å². The standard InChI is InChI=1S/C20H23NO4/c1-14(16-7-10-18(24-3)19(13-16)25-4)20(22)21-12-11-15-5-8-17(23-2)9-6-15/h5-10,13H,1,11-12H2,2-4H3,(H,21,22). The Morgan fingerprint density at radius 2 is 1.64 bits per heavy atom. The van der Waals surface area contributed by atoms with Gasteiger partial charge in [0.1, 0.15) is 5.75 Å². The summed E-state index contributed by atoms with van der Waals surface area (Å²) in [7, 11) is 4.76. The van der Waals surface area contributed by atoms with Crippen LogP contribution >= 0.6 is 0 Å². The molecule has 0 heterocycles. The Kier molecular flexibility index (Phi) is 6.46. The zero-order valence-corrected chi connectivity index (χ0v) is 14.8. The Bertz CT molecular complexity index is 738. The van der Waals surface area contributed by atoms with Crippen molar-refractivity contribution in [3.05, 3.63) is 60.2 Å². The van der Waals surface area contributed by atoms with Gasteiger partial charge in [0.2, 0.25) is 0 Å². The van der Waals surface area contributed by atoms with E-state index >= 15 is 0 Å². The van der Waals surface area contributed by atoms with Crippen LogP contribution in [0.25, 0.3) is 5.57 Å². The third-order valence-corrected chi connectivity index (χ3v) is 3.86. The molecule has 0 aliphatic heterocycles. The molecule has 132 valence electrons. The highest BCUT2D eigenvalue weighted by molar-refractivity contribution is 6.18. The van der Waals surface area contributed by atoms with Crippen LogP contribution in [0.4, 0.5) is 0 Å². The van der Waals surface area contributed by atoms with Crippen molar-refractivity contribution in [1.29, 1.82) is 0 Å². The van der Waals surface area contributed by atoms with E-state index < -0.39 is 0 Å². The molecule has 2 aromatic rings. The SMILES string of the molecule is C=C(C(=O)NCCc1ccc(OC)cc1)c1ccc(OC)c(OC)c1. The molecule has 0 radical (unpaired) electrons. The fraction of sp³-hybridized carbons (Fsp3) is 0.250. The molecule has 0 bridgehead atoms. The topological polar surface area (TPSA) is 56.8 Å². The van der Waals surface area contributed by atoms with Crippen LogP contribution in [0.2, 0.25) is 0 Å². The second kappa shape index (κ2) is 8.78. The lowest BCUT2D eigenvalue weighted by Gasteiger charge is -2.12. The monoisotopic (exact) mass is 341 g/mol. The maximum atomic E-state index is 12.3. The Morgan fingerprint density at radius 1 is 0.960 bits per heavy atom. The first-order valence-corrected chi connectivity index (χ1v) is 7.91. The average Bonchev–Trinajstić information content (AvgIpc) is 2.67. The van der Waals surface area contributed by atoms with E-state index in [2.05, 4.69) is 11.9 Å². The Labute approximate surface area is 148 Å². The normalized spacial score (nSPS) is 10.0. The van der Waals surface area contributed by atoms with Crippen molar-refractivity contribution in [2.75, 3.05) is 27.9 Å². The Hall–Kier alpha value is -2.95. The first-order chi connectivity index (χ1) is 12.1. The minimum atomic E-state index is -0.208. The molecule has 0 unspecified atom stereocenters. The summed E-state index contributed by atoms with van der Waals surface area (Å²) in [5, 5.41) is 2.88. The van der Waals surface area contributed by atoms with E-state index in [-0.39, 0.29) is 5.91 Å². The number of hydrogen-bond acceptors (Lipinski definition) is 4. The summed E-state index contributed by atoms with van der Waals surface area (Å²) in [6, 6.07) is 13.0. The molecule has 0 aliphatic rings. The number of carbonyl (C=O) groups excluding carboxylic acids is 1. The third kappa shape index (κ3) is 4.76. The van der Waals surface area contributed by atoms with Crippen molar-refractivity contribution in [3.63, 3.8) is 0 Å². The number of hydrogen-bond donors (Lipinski definition) is 1. The molecule has 5 nitrogen and oxygen atoms in total. The van der Waals surface area contributed by atoms with Gasteiger partial charge in [0.15, 0.2) is 11.5 Å². The van der Waals surface area contributed by atoms with E-state index in [1.807, 2.05) is 24.3 Å². The second-order valence-corrected chi connectivity index (χ2v) is 5.40. The maximum Gasteiger partial charge on any atom is 0.251 e. The molecule has 2 rings (SSSR count). The van der Waals surface area contributed by atoms with E-state index in [9.17, 15) is 4.79 Å². The molecular formula is C20H23NO4. The minimum absolute atomic E-state index is 0.208. The van der Waals surface area contributed by atoms with Crippen LogP contribution in [0.5, 0.6) is 17.2 Å². The predicted molar refractivity (Wildman–Crippen MR) is 98.3 cm³/mol. The Balaban J connectivity index is 1.92. The minimum Gasteiger partial charge on any atom is -0.497 e. The van der Waals surface area contributed by atoms with Crippen LogP contribution in [-0.4, -0.2) is 33.8 Å². The molecule has 2 aromatic carbocycles. The third-order valence-electron chi connectivity index (χ3n) is 3.86. The van der Waals surface area contributed by atoms with Crippen LogP contribution < -0.4 is 19.5 Å². The van der Waals surface area contributed by atoms with Crippen molar-refractivity contribution in [3.8, 4) is 17.2 Å². The number of ether oxygens (including phenoxy) is 3. The largest absolute Gasteiger partial charge is 0.497 e. The molecule has 0 atom stereocenters. The van der Waals surface area contributed by atoms with Gasteiger partial charge < -0.3 is 19.5 Å². The number of rotatable bonds is 8. The zero-order valence-electron chi connectivity index (χ0n) is 14.8. The zero-order chi connectivity index (χ0) is 18.2. The van der Waals surface area contributed by atoms with E-state index in [1.165, 1.54) is 0 Å². The molecule has 0 fully saturated rings. The molecule has 0 spiro atoms. The lowest BCUT2D eigenvalue weighted by molar-refractivity contribution is -0.115. The van der Waals surface area contributed by atoms with Crippen molar-refractivity contribution >= 4 is 11.5 Å². The molecule has 0 saturated carbocycles. The van der Waals surface area contributed by atoms with Gasteiger partial charge in [0.05, 0.1) is 21.3 Å². The number of amides is 1. The van der Waals surface area contributed by atoms with Gasteiger partial charge in [0.25, 0.3) is 5.91 Å². The van der Waals surface area contributed by atoms with Gasteiger partial charge in [-0.1, -0.05) is 24.8 Å². The summed E-state index contributed by atoms with van der Waals surface area (Å²) in [5.41, 5.74) is 2.20. The van der Waals surface area contributed by atoms with Gasteiger partial charge in [-0.05, 0) is 41.8 Å². The van der Waals surface area contributed by atoms with Gasteiger partial charge in [-0.15, -0.1) is 0 Å². The quantitative estimate of drug-likeness (QED) is 0.750. The van der Waals surface area contributed by atoms with E-state index in [0.29, 0.717) is 29.2 Å². The molecule has 0 saturated heterocycles. The van der Waals surface area contributed by atoms with E-state index in [4.69, 9.17) is 14.2 Å². The maximum absolute atomic E-state index is 12.3. The fourth-order valence-corrected chi connectivity index (χ4v) is 2.37. The summed E-state index contributed by atoms with van der Waals surface area (Å²) in [5.74, 6) is 1.78. The van der Waals surface area contributed by atoms with Crippen molar-refractivity contribution in [2.45, 2.75) is 6.42 Å². The van der Waals surface area contributed by atoms with Crippen molar-refractivity contribution in [1.82, 2.24) is 5.32 Å². The fourth-order valence-electron chi connectivity index (χ4n) is 2.37. The molecule has 5 heteroatoms. The first kappa shape index (κ1) is 18.4. The van der Waals surface area contributed by atoms with E-state index in [0.717, 1.165) is 17.7 Å². The summed E-state index contributed by atoms with van der Waals surface area (Å²) in [6.45, 7) is 4.40. The van der Waals surface area contributed by atoms with Gasteiger partial charge in [-0.3, -0.25) is 4.79 Å². The Morgan fingerprint density at radius 3 is 2.24 bits per heavy atom. The highest BCUT2D eigenvalue weighted by atomic mass is 16.5. The number of benzene rings is 2. The van der Waals surface area contributed by atoms with Crippen LogP contribution in [0.1, 0.15) is 11.1 Å². The summed E-state index contributed by atoms with van der Waals surface area (Å²) in [4.78, 5) is 12.3. The number of nitrogens with one attached hydrogen (secondary N) is 1. The highest BCUT2D eigenvalue weighted by Crippen LogP contribution is 2.29. The first-order valence-electron chi connectivity index (χ1n) is 7.91. The smallest absolute Gasteiger partial charge is 0.251 e. The molecular weight excluding hydrogens is 318 g/mol. The molecule has 1 amide bonds. The lowest BCUT2D eigenvalue weighted by atomic mass is 10.1. The van der Waals surface area contributed by atoms with Crippen LogP contribution in [0, 0.1) is 0 Å². The van der Waals surface area contributed by atoms with E-state index in [1.54, 1.807) is 39.5 Å². The summed E-state index contributed by atoms with van der Waals surface area (Å²) in [6.07, 6.45) is 0.731. The number of methoxy groups -OCH3 is 3. The molecule has 1 N–H and O–H groups in total. The predicted octanol–water partition coefficient (Wildman–Crippen LogP) is 3.08. The lowest BCUT2D eigenvalue weighted by Crippen LogP contribution is -2.26. The second-order valence-electron chi connectivity index (χ2n) is 5.40. The summed E-state index contributed by atoms with van der Waals surface area (Å²) >= 11 is 0. The van der Waals surface area contributed by atoms with Crippen molar-refractivity contribution < 1.29 is 19.0 Å². The van der Waals surface area contributed by atoms with Crippen LogP contribution in [-0.2, 0) is 11.2 Å². The average molecular weight is 341 g/mol. The molecule has 25 heavy (non-hydrogen) atoms. The van der Waals surface area contributed by atoms with Gasteiger partial charge >= 0.3 is 0 Å².